The Morgan fingerprint density at radius 3 is 2.71 bits per heavy atom. The Labute approximate surface area is 142 Å². The first-order chi connectivity index (χ1) is 11.6. The van der Waals surface area contributed by atoms with E-state index in [4.69, 9.17) is 0 Å². The van der Waals surface area contributed by atoms with E-state index < -0.39 is 6.23 Å². The molecule has 2 N–H and O–H groups in total. The third kappa shape index (κ3) is 2.69. The lowest BCUT2D eigenvalue weighted by Gasteiger charge is -2.17. The predicted octanol–water partition coefficient (Wildman–Crippen LogP) is 2.46. The first-order valence-corrected chi connectivity index (χ1v) is 8.54. The lowest BCUT2D eigenvalue weighted by atomic mass is 10.0. The van der Waals surface area contributed by atoms with Gasteiger partial charge in [0.2, 0.25) is 0 Å². The van der Waals surface area contributed by atoms with Gasteiger partial charge in [0.25, 0.3) is 5.91 Å². The molecule has 0 radical (unpaired) electrons. The lowest BCUT2D eigenvalue weighted by molar-refractivity contribution is -0.128. The van der Waals surface area contributed by atoms with Crippen molar-refractivity contribution in [2.45, 2.75) is 32.4 Å². The zero-order valence-electron chi connectivity index (χ0n) is 14.5. The SMILES string of the molecule is CCCCCNC1=C(c2cn(C)c3ccccc23)C(=O)N(C)C1O. The maximum absolute atomic E-state index is 12.7. The molecule has 1 aromatic carbocycles. The molecule has 1 aromatic heterocycles. The molecule has 0 aliphatic carbocycles. The molecular formula is C19H25N3O2. The van der Waals surface area contributed by atoms with E-state index in [1.165, 1.54) is 4.90 Å². The molecular weight excluding hydrogens is 302 g/mol. The van der Waals surface area contributed by atoms with Crippen molar-refractivity contribution < 1.29 is 9.90 Å². The number of rotatable bonds is 6. The molecule has 0 saturated carbocycles. The second-order valence-electron chi connectivity index (χ2n) is 6.38. The molecule has 1 unspecified atom stereocenters. The Morgan fingerprint density at radius 2 is 1.96 bits per heavy atom. The minimum atomic E-state index is -0.909. The number of hydrogen-bond acceptors (Lipinski definition) is 3. The van der Waals surface area contributed by atoms with Crippen LogP contribution in [0.3, 0.4) is 0 Å². The Morgan fingerprint density at radius 1 is 1.21 bits per heavy atom. The zero-order chi connectivity index (χ0) is 17.3. The summed E-state index contributed by atoms with van der Waals surface area (Å²) < 4.78 is 2.02. The Balaban J connectivity index is 2.05. The number of carbonyl (C=O) groups excluding carboxylic acids is 1. The van der Waals surface area contributed by atoms with E-state index in [0.29, 0.717) is 11.3 Å². The van der Waals surface area contributed by atoms with Crippen LogP contribution in [0.4, 0.5) is 0 Å². The first-order valence-electron chi connectivity index (χ1n) is 8.54. The molecule has 1 aliphatic heterocycles. The highest BCUT2D eigenvalue weighted by Gasteiger charge is 2.37. The van der Waals surface area contributed by atoms with E-state index in [1.54, 1.807) is 7.05 Å². The van der Waals surface area contributed by atoms with E-state index in [2.05, 4.69) is 12.2 Å². The number of hydrogen-bond donors (Lipinski definition) is 2. The van der Waals surface area contributed by atoms with Gasteiger partial charge < -0.3 is 19.9 Å². The molecule has 5 heteroatoms. The number of nitrogens with zero attached hydrogens (tertiary/aromatic N) is 2. The number of amides is 1. The number of para-hydroxylation sites is 1. The fourth-order valence-corrected chi connectivity index (χ4v) is 3.30. The summed E-state index contributed by atoms with van der Waals surface area (Å²) >= 11 is 0. The molecule has 1 atom stereocenters. The molecule has 1 aliphatic rings. The van der Waals surface area contributed by atoms with Gasteiger partial charge in [-0.15, -0.1) is 0 Å². The van der Waals surface area contributed by atoms with Crippen molar-refractivity contribution >= 4 is 22.4 Å². The molecule has 2 heterocycles. The van der Waals surface area contributed by atoms with Gasteiger partial charge in [0.15, 0.2) is 6.23 Å². The fraction of sp³-hybridized carbons (Fsp3) is 0.421. The van der Waals surface area contributed by atoms with Crippen molar-refractivity contribution in [1.29, 1.82) is 0 Å². The normalized spacial score (nSPS) is 18.1. The van der Waals surface area contributed by atoms with Crippen LogP contribution in [0, 0.1) is 0 Å². The maximum atomic E-state index is 12.7. The summed E-state index contributed by atoms with van der Waals surface area (Å²) in [5.41, 5.74) is 3.15. The number of aliphatic hydroxyl groups is 1. The van der Waals surface area contributed by atoms with Gasteiger partial charge in [-0.3, -0.25) is 4.79 Å². The standard InChI is InChI=1S/C19H25N3O2/c1-4-5-8-11-20-17-16(18(23)22(3)19(17)24)14-12-21(2)15-10-7-6-9-13(14)15/h6-7,9-10,12,19-20,24H,4-5,8,11H2,1-3H3. The smallest absolute Gasteiger partial charge is 0.258 e. The van der Waals surface area contributed by atoms with E-state index in [1.807, 2.05) is 42.1 Å². The van der Waals surface area contributed by atoms with Gasteiger partial charge in [0.05, 0.1) is 11.3 Å². The third-order valence-electron chi connectivity index (χ3n) is 4.69. The monoisotopic (exact) mass is 327 g/mol. The van der Waals surface area contributed by atoms with Gasteiger partial charge in [0.1, 0.15) is 0 Å². The average molecular weight is 327 g/mol. The molecule has 24 heavy (non-hydrogen) atoms. The summed E-state index contributed by atoms with van der Waals surface area (Å²) in [4.78, 5) is 14.1. The molecule has 128 valence electrons. The Hall–Kier alpha value is -2.27. The van der Waals surface area contributed by atoms with Crippen LogP contribution in [0.2, 0.25) is 0 Å². The molecule has 0 bridgehead atoms. The molecule has 3 rings (SSSR count). The highest BCUT2D eigenvalue weighted by molar-refractivity contribution is 6.25. The van der Waals surface area contributed by atoms with Gasteiger partial charge >= 0.3 is 0 Å². The van der Waals surface area contributed by atoms with Crippen LogP contribution in [0.15, 0.2) is 36.2 Å². The molecule has 1 amide bonds. The van der Waals surface area contributed by atoms with Crippen molar-refractivity contribution in [3.05, 3.63) is 41.7 Å². The van der Waals surface area contributed by atoms with E-state index >= 15 is 0 Å². The Kier molecular flexibility index (Phi) is 4.62. The largest absolute Gasteiger partial charge is 0.384 e. The van der Waals surface area contributed by atoms with Crippen LogP contribution in [-0.4, -0.2) is 40.3 Å². The number of nitrogens with one attached hydrogen (secondary N) is 1. The maximum Gasteiger partial charge on any atom is 0.258 e. The highest BCUT2D eigenvalue weighted by atomic mass is 16.3. The molecule has 0 fully saturated rings. The van der Waals surface area contributed by atoms with Crippen LogP contribution >= 0.6 is 0 Å². The number of unbranched alkanes of at least 4 members (excludes halogenated alkanes) is 2. The van der Waals surface area contributed by atoms with Crippen LogP contribution in [0.25, 0.3) is 16.5 Å². The van der Waals surface area contributed by atoms with Crippen molar-refractivity contribution in [3.63, 3.8) is 0 Å². The number of likely N-dealkylation sites (N-methyl/N-ethyl adjacent to an activating group) is 1. The second-order valence-corrected chi connectivity index (χ2v) is 6.38. The van der Waals surface area contributed by atoms with Gasteiger partial charge in [0, 0.05) is 43.3 Å². The van der Waals surface area contributed by atoms with Crippen molar-refractivity contribution in [2.75, 3.05) is 13.6 Å². The topological polar surface area (TPSA) is 57.5 Å². The average Bonchev–Trinajstić information content (AvgIpc) is 3.02. The summed E-state index contributed by atoms with van der Waals surface area (Å²) in [5.74, 6) is -0.142. The van der Waals surface area contributed by atoms with Crippen LogP contribution in [0.5, 0.6) is 0 Å². The van der Waals surface area contributed by atoms with E-state index in [0.717, 1.165) is 42.3 Å². The van der Waals surface area contributed by atoms with Gasteiger partial charge in [-0.2, -0.15) is 0 Å². The summed E-state index contributed by atoms with van der Waals surface area (Å²) in [5, 5.41) is 14.8. The number of aromatic nitrogens is 1. The second kappa shape index (κ2) is 6.69. The Bertz CT molecular complexity index is 791. The number of carbonyl (C=O) groups is 1. The highest BCUT2D eigenvalue weighted by Crippen LogP contribution is 2.34. The third-order valence-corrected chi connectivity index (χ3v) is 4.69. The van der Waals surface area contributed by atoms with Crippen molar-refractivity contribution in [1.82, 2.24) is 14.8 Å². The van der Waals surface area contributed by atoms with Gasteiger partial charge in [-0.25, -0.2) is 0 Å². The van der Waals surface area contributed by atoms with Crippen LogP contribution < -0.4 is 5.32 Å². The first kappa shape index (κ1) is 16.6. The fourth-order valence-electron chi connectivity index (χ4n) is 3.30. The molecule has 0 spiro atoms. The summed E-state index contributed by atoms with van der Waals surface area (Å²) in [7, 11) is 3.61. The minimum absolute atomic E-state index is 0.142. The van der Waals surface area contributed by atoms with Crippen LogP contribution in [0.1, 0.15) is 31.7 Å². The summed E-state index contributed by atoms with van der Waals surface area (Å²) in [6, 6.07) is 8.01. The van der Waals surface area contributed by atoms with Crippen molar-refractivity contribution in [2.24, 2.45) is 7.05 Å². The molecule has 0 saturated heterocycles. The molecule has 5 nitrogen and oxygen atoms in total. The lowest BCUT2D eigenvalue weighted by Crippen LogP contribution is -2.34. The van der Waals surface area contributed by atoms with E-state index in [9.17, 15) is 9.90 Å². The van der Waals surface area contributed by atoms with Crippen molar-refractivity contribution in [3.8, 4) is 0 Å². The van der Waals surface area contributed by atoms with Gasteiger partial charge in [-0.1, -0.05) is 38.0 Å². The number of aliphatic hydroxyl groups excluding tert-OH is 1. The molecule has 2 aromatic rings. The quantitative estimate of drug-likeness (QED) is 0.801. The minimum Gasteiger partial charge on any atom is -0.384 e. The zero-order valence-corrected chi connectivity index (χ0v) is 14.5. The van der Waals surface area contributed by atoms with Crippen LogP contribution in [-0.2, 0) is 11.8 Å². The number of aryl methyl sites for hydroxylation is 1. The van der Waals surface area contributed by atoms with E-state index in [-0.39, 0.29) is 5.91 Å². The number of benzene rings is 1. The van der Waals surface area contributed by atoms with Gasteiger partial charge in [-0.05, 0) is 12.5 Å². The number of fused-ring (bicyclic) bond motifs is 1. The predicted molar refractivity (Wildman–Crippen MR) is 96.1 cm³/mol. The summed E-state index contributed by atoms with van der Waals surface area (Å²) in [6.45, 7) is 2.91. The summed E-state index contributed by atoms with van der Waals surface area (Å²) in [6.07, 6.45) is 4.35.